The third-order valence-electron chi connectivity index (χ3n) is 6.27. The average Bonchev–Trinajstić information content (AvgIpc) is 3.31. The number of aromatic nitrogens is 3. The van der Waals surface area contributed by atoms with Crippen molar-refractivity contribution < 1.29 is 9.18 Å². The number of aryl methyl sites for hydroxylation is 1. The van der Waals surface area contributed by atoms with Gasteiger partial charge in [0.25, 0.3) is 0 Å². The number of carbonyl (C=O) groups excluding carboxylic acids is 1. The molecule has 0 aliphatic carbocycles. The first kappa shape index (κ1) is 23.9. The van der Waals surface area contributed by atoms with Crippen molar-refractivity contribution in [2.75, 3.05) is 23.3 Å². The number of nitrogens with one attached hydrogen (secondary N) is 2. The fourth-order valence-corrected chi connectivity index (χ4v) is 4.48. The molecule has 2 amide bonds. The average molecular weight is 505 g/mol. The van der Waals surface area contributed by atoms with Crippen LogP contribution in [0, 0.1) is 12.7 Å². The Balaban J connectivity index is 1.49. The number of hydrogen-bond donors (Lipinski definition) is 2. The summed E-state index contributed by atoms with van der Waals surface area (Å²) in [7, 11) is 0. The van der Waals surface area contributed by atoms with Gasteiger partial charge in [-0.1, -0.05) is 31.5 Å². The van der Waals surface area contributed by atoms with E-state index in [-0.39, 0.29) is 24.3 Å². The molecular formula is C27H26ClFN6O. The van der Waals surface area contributed by atoms with E-state index in [1.165, 1.54) is 6.07 Å². The molecule has 7 nitrogen and oxygen atoms in total. The lowest BCUT2D eigenvalue weighted by atomic mass is 10.0. The maximum absolute atomic E-state index is 14.7. The van der Waals surface area contributed by atoms with Gasteiger partial charge in [-0.25, -0.2) is 19.2 Å². The molecule has 0 spiro atoms. The van der Waals surface area contributed by atoms with Gasteiger partial charge in [-0.15, -0.1) is 0 Å². The lowest BCUT2D eigenvalue weighted by Gasteiger charge is -2.18. The molecule has 1 fully saturated rings. The minimum absolute atomic E-state index is 0.183. The highest BCUT2D eigenvalue weighted by atomic mass is 35.5. The van der Waals surface area contributed by atoms with Crippen LogP contribution in [0.15, 0.2) is 48.8 Å². The van der Waals surface area contributed by atoms with Crippen LogP contribution < -0.4 is 15.5 Å². The molecule has 0 unspecified atom stereocenters. The number of hydrogen-bond acceptors (Lipinski definition) is 5. The van der Waals surface area contributed by atoms with Crippen molar-refractivity contribution in [3.05, 3.63) is 76.7 Å². The van der Waals surface area contributed by atoms with Crippen molar-refractivity contribution in [2.24, 2.45) is 0 Å². The molecule has 0 saturated carbocycles. The highest BCUT2D eigenvalue weighted by molar-refractivity contribution is 6.35. The van der Waals surface area contributed by atoms with Crippen LogP contribution in [-0.2, 0) is 6.54 Å². The number of benzene rings is 2. The van der Waals surface area contributed by atoms with E-state index in [9.17, 15) is 9.18 Å². The first-order valence-electron chi connectivity index (χ1n) is 11.8. The molecule has 1 aliphatic rings. The number of fused-ring (bicyclic) bond motifs is 1. The molecule has 2 aromatic heterocycles. The zero-order chi connectivity index (χ0) is 25.4. The van der Waals surface area contributed by atoms with Crippen molar-refractivity contribution >= 4 is 39.9 Å². The lowest BCUT2D eigenvalue weighted by Crippen LogP contribution is -2.27. The van der Waals surface area contributed by atoms with Crippen LogP contribution in [0.5, 0.6) is 0 Å². The number of rotatable bonds is 6. The summed E-state index contributed by atoms with van der Waals surface area (Å²) < 4.78 is 14.7. The standard InChI is InChI=1S/C27H26ClFN6O/c1-15(2)26-32-13-19(14-33-26)17-4-7-23-21(11-17)25(24(28)16(3)34-23)31-12-18-10-20(5-6-22(18)29)35-9-8-30-27(35)36/h4-7,10-11,13-15H,8-9,12H2,1-3H3,(H,30,36)(H,31,34). The number of halogens is 2. The number of nitrogens with zero attached hydrogens (tertiary/aromatic N) is 4. The van der Waals surface area contributed by atoms with Crippen LogP contribution in [0.4, 0.5) is 20.6 Å². The monoisotopic (exact) mass is 504 g/mol. The third-order valence-corrected chi connectivity index (χ3v) is 6.73. The molecule has 2 N–H and O–H groups in total. The molecule has 0 atom stereocenters. The Bertz CT molecular complexity index is 1460. The molecule has 184 valence electrons. The lowest BCUT2D eigenvalue weighted by molar-refractivity contribution is 0.252. The summed E-state index contributed by atoms with van der Waals surface area (Å²) in [5.74, 6) is 0.675. The Hall–Kier alpha value is -3.78. The fraction of sp³-hybridized carbons (Fsp3) is 0.259. The summed E-state index contributed by atoms with van der Waals surface area (Å²) >= 11 is 6.68. The van der Waals surface area contributed by atoms with Gasteiger partial charge in [0, 0.05) is 60.1 Å². The van der Waals surface area contributed by atoms with E-state index in [1.54, 1.807) is 17.0 Å². The van der Waals surface area contributed by atoms with Crippen molar-refractivity contribution in [1.29, 1.82) is 0 Å². The van der Waals surface area contributed by atoms with E-state index in [1.807, 2.05) is 37.5 Å². The summed E-state index contributed by atoms with van der Waals surface area (Å²) in [5, 5.41) is 7.37. The fourth-order valence-electron chi connectivity index (χ4n) is 4.27. The molecule has 3 heterocycles. The summed E-state index contributed by atoms with van der Waals surface area (Å²) in [6.07, 6.45) is 3.63. The minimum Gasteiger partial charge on any atom is -0.379 e. The van der Waals surface area contributed by atoms with Crippen LogP contribution in [0.25, 0.3) is 22.0 Å². The number of carbonyl (C=O) groups is 1. The number of amides is 2. The molecule has 4 aromatic rings. The molecule has 1 aliphatic heterocycles. The van der Waals surface area contributed by atoms with Crippen LogP contribution in [0.1, 0.15) is 36.8 Å². The number of pyridine rings is 1. The van der Waals surface area contributed by atoms with E-state index in [0.717, 1.165) is 27.9 Å². The van der Waals surface area contributed by atoms with Gasteiger partial charge in [0.2, 0.25) is 0 Å². The topological polar surface area (TPSA) is 83.0 Å². The zero-order valence-corrected chi connectivity index (χ0v) is 21.0. The second kappa shape index (κ2) is 9.70. The van der Waals surface area contributed by atoms with Gasteiger partial charge >= 0.3 is 6.03 Å². The van der Waals surface area contributed by atoms with Crippen molar-refractivity contribution in [2.45, 2.75) is 33.2 Å². The van der Waals surface area contributed by atoms with E-state index in [0.29, 0.717) is 40.7 Å². The normalized spacial score (nSPS) is 13.5. The highest BCUT2D eigenvalue weighted by Crippen LogP contribution is 2.35. The summed E-state index contributed by atoms with van der Waals surface area (Å²) in [6.45, 7) is 7.24. The van der Waals surface area contributed by atoms with E-state index in [4.69, 9.17) is 11.6 Å². The molecule has 1 saturated heterocycles. The van der Waals surface area contributed by atoms with Gasteiger partial charge in [-0.05, 0) is 42.8 Å². The second-order valence-electron chi connectivity index (χ2n) is 9.12. The van der Waals surface area contributed by atoms with Crippen molar-refractivity contribution in [1.82, 2.24) is 20.3 Å². The molecule has 0 radical (unpaired) electrons. The van der Waals surface area contributed by atoms with Crippen LogP contribution in [-0.4, -0.2) is 34.1 Å². The maximum Gasteiger partial charge on any atom is 0.321 e. The van der Waals surface area contributed by atoms with E-state index < -0.39 is 0 Å². The minimum atomic E-state index is -0.361. The van der Waals surface area contributed by atoms with Crippen LogP contribution >= 0.6 is 11.6 Å². The summed E-state index contributed by atoms with van der Waals surface area (Å²) in [5.41, 5.74) is 5.00. The molecule has 9 heteroatoms. The number of urea groups is 1. The van der Waals surface area contributed by atoms with Gasteiger partial charge < -0.3 is 10.6 Å². The van der Waals surface area contributed by atoms with Crippen LogP contribution in [0.2, 0.25) is 5.02 Å². The SMILES string of the molecule is Cc1nc2ccc(-c3cnc(C(C)C)nc3)cc2c(NCc2cc(N3CCNC3=O)ccc2F)c1Cl. The van der Waals surface area contributed by atoms with Crippen molar-refractivity contribution in [3.8, 4) is 11.1 Å². The second-order valence-corrected chi connectivity index (χ2v) is 9.49. The Morgan fingerprint density at radius 3 is 2.61 bits per heavy atom. The Kier molecular flexibility index (Phi) is 6.45. The van der Waals surface area contributed by atoms with Gasteiger partial charge in [0.05, 0.1) is 21.9 Å². The summed E-state index contributed by atoms with van der Waals surface area (Å²) in [4.78, 5) is 27.2. The third kappa shape index (κ3) is 4.56. The largest absolute Gasteiger partial charge is 0.379 e. The van der Waals surface area contributed by atoms with Crippen LogP contribution in [0.3, 0.4) is 0 Å². The highest BCUT2D eigenvalue weighted by Gasteiger charge is 2.22. The van der Waals surface area contributed by atoms with Gasteiger partial charge in [-0.3, -0.25) is 9.88 Å². The molecule has 36 heavy (non-hydrogen) atoms. The Morgan fingerprint density at radius 2 is 1.92 bits per heavy atom. The smallest absolute Gasteiger partial charge is 0.321 e. The van der Waals surface area contributed by atoms with Gasteiger partial charge in [-0.2, -0.15) is 0 Å². The quantitative estimate of drug-likeness (QED) is 0.333. The predicted molar refractivity (Wildman–Crippen MR) is 141 cm³/mol. The molecule has 5 rings (SSSR count). The van der Waals surface area contributed by atoms with Gasteiger partial charge in [0.15, 0.2) is 0 Å². The van der Waals surface area contributed by atoms with Crippen molar-refractivity contribution in [3.63, 3.8) is 0 Å². The van der Waals surface area contributed by atoms with E-state index in [2.05, 4.69) is 39.4 Å². The van der Waals surface area contributed by atoms with E-state index >= 15 is 0 Å². The summed E-state index contributed by atoms with van der Waals surface area (Å²) in [6, 6.07) is 10.4. The van der Waals surface area contributed by atoms with Gasteiger partial charge in [0.1, 0.15) is 11.6 Å². The Labute approximate surface area is 213 Å². The Morgan fingerprint density at radius 1 is 1.14 bits per heavy atom. The molecular weight excluding hydrogens is 479 g/mol. The maximum atomic E-state index is 14.7. The number of anilines is 2. The first-order chi connectivity index (χ1) is 17.3. The molecule has 2 aromatic carbocycles. The molecule has 0 bridgehead atoms. The predicted octanol–water partition coefficient (Wildman–Crippen LogP) is 6.06. The first-order valence-corrected chi connectivity index (χ1v) is 12.2. The zero-order valence-electron chi connectivity index (χ0n) is 20.3.